The Balaban J connectivity index is 1.76. The number of ether oxygens (including phenoxy) is 4. The number of cyclic esters (lactones) is 4. The number of benzene rings is 1. The van der Waals surface area contributed by atoms with Gasteiger partial charge in [-0.1, -0.05) is 24.3 Å². The number of hydrogen-bond acceptors (Lipinski definition) is 8. The van der Waals surface area contributed by atoms with E-state index in [9.17, 15) is 19.2 Å². The first-order valence-corrected chi connectivity index (χ1v) is 7.45. The smallest absolute Gasteiger partial charge is 0.426 e. The van der Waals surface area contributed by atoms with Crippen molar-refractivity contribution < 1.29 is 38.1 Å². The van der Waals surface area contributed by atoms with Gasteiger partial charge in [0.2, 0.25) is 0 Å². The second-order valence-electron chi connectivity index (χ2n) is 5.87. The summed E-state index contributed by atoms with van der Waals surface area (Å²) in [5.41, 5.74) is 1.39. The largest absolute Gasteiger partial charge is 0.519 e. The maximum absolute atomic E-state index is 12.0. The van der Waals surface area contributed by atoms with Crippen molar-refractivity contribution in [3.63, 3.8) is 0 Å². The Bertz CT molecular complexity index is 739. The van der Waals surface area contributed by atoms with Gasteiger partial charge in [-0.25, -0.2) is 9.59 Å². The van der Waals surface area contributed by atoms with Crippen molar-refractivity contribution in [1.29, 1.82) is 0 Å². The number of fused-ring (bicyclic) bond motifs is 3. The Kier molecular flexibility index (Phi) is 3.26. The van der Waals surface area contributed by atoms with Crippen LogP contribution in [-0.2, 0) is 28.5 Å². The van der Waals surface area contributed by atoms with Gasteiger partial charge in [-0.2, -0.15) is 0 Å². The summed E-state index contributed by atoms with van der Waals surface area (Å²) in [5, 5.41) is 0. The van der Waals surface area contributed by atoms with Crippen LogP contribution in [0.5, 0.6) is 0 Å². The van der Waals surface area contributed by atoms with Crippen LogP contribution in [0.2, 0.25) is 0 Å². The molecule has 4 unspecified atom stereocenters. The van der Waals surface area contributed by atoms with Crippen LogP contribution < -0.4 is 0 Å². The van der Waals surface area contributed by atoms with Crippen LogP contribution in [0.15, 0.2) is 24.3 Å². The van der Waals surface area contributed by atoms with E-state index in [-0.39, 0.29) is 18.8 Å². The Morgan fingerprint density at radius 1 is 0.833 bits per heavy atom. The minimum atomic E-state index is -1.14. The molecule has 0 radical (unpaired) electrons. The van der Waals surface area contributed by atoms with E-state index in [1.807, 2.05) is 0 Å². The number of carbonyl (C=O) groups is 4. The highest BCUT2D eigenvalue weighted by Crippen LogP contribution is 2.47. The van der Waals surface area contributed by atoms with Gasteiger partial charge in [0.1, 0.15) is 6.10 Å². The molecule has 1 aromatic carbocycles. The third kappa shape index (κ3) is 2.31. The molecule has 0 bridgehead atoms. The second kappa shape index (κ2) is 5.33. The molecule has 2 aliphatic heterocycles. The first kappa shape index (κ1) is 14.7. The van der Waals surface area contributed by atoms with E-state index in [0.717, 1.165) is 5.56 Å². The highest BCUT2D eigenvalue weighted by molar-refractivity contribution is 5.95. The number of esters is 2. The summed E-state index contributed by atoms with van der Waals surface area (Å²) in [6.45, 7) is 0. The van der Waals surface area contributed by atoms with Gasteiger partial charge in [-0.05, 0) is 17.5 Å². The fraction of sp³-hybridized carbons (Fsp3) is 0.375. The van der Waals surface area contributed by atoms with Gasteiger partial charge in [0.25, 0.3) is 0 Å². The number of hydrogen-bond donors (Lipinski definition) is 0. The van der Waals surface area contributed by atoms with Gasteiger partial charge < -0.3 is 18.9 Å². The summed E-state index contributed by atoms with van der Waals surface area (Å²) >= 11 is 0. The zero-order valence-corrected chi connectivity index (χ0v) is 12.3. The van der Waals surface area contributed by atoms with Gasteiger partial charge in [0.15, 0.2) is 6.10 Å². The van der Waals surface area contributed by atoms with Crippen LogP contribution in [0, 0.1) is 5.92 Å². The van der Waals surface area contributed by atoms with Gasteiger partial charge in [-0.3, -0.25) is 9.59 Å². The SMILES string of the molecule is O=C1CC(C2CC3OC(=O)OC(=O)OC3c3ccccc32)C(=O)O1. The van der Waals surface area contributed by atoms with Crippen molar-refractivity contribution in [3.05, 3.63) is 35.4 Å². The average Bonchev–Trinajstić information content (AvgIpc) is 2.79. The third-order valence-electron chi connectivity index (χ3n) is 4.55. The third-order valence-corrected chi connectivity index (χ3v) is 4.55. The molecule has 1 aliphatic carbocycles. The lowest BCUT2D eigenvalue weighted by atomic mass is 9.73. The van der Waals surface area contributed by atoms with Gasteiger partial charge >= 0.3 is 24.2 Å². The van der Waals surface area contributed by atoms with Crippen LogP contribution >= 0.6 is 0 Å². The van der Waals surface area contributed by atoms with Crippen molar-refractivity contribution in [2.24, 2.45) is 5.92 Å². The van der Waals surface area contributed by atoms with Crippen molar-refractivity contribution >= 4 is 24.2 Å². The number of carbonyl (C=O) groups excluding carboxylic acids is 4. The molecular formula is C16H12O8. The Morgan fingerprint density at radius 3 is 2.25 bits per heavy atom. The second-order valence-corrected chi connectivity index (χ2v) is 5.87. The average molecular weight is 332 g/mol. The maximum atomic E-state index is 12.0. The zero-order chi connectivity index (χ0) is 16.8. The normalized spacial score (nSPS) is 31.8. The first-order valence-electron chi connectivity index (χ1n) is 7.45. The summed E-state index contributed by atoms with van der Waals surface area (Å²) in [6, 6.07) is 7.06. The molecule has 3 aliphatic rings. The van der Waals surface area contributed by atoms with Crippen molar-refractivity contribution in [1.82, 2.24) is 0 Å². The molecule has 2 fully saturated rings. The highest BCUT2D eigenvalue weighted by atomic mass is 16.8. The first-order chi connectivity index (χ1) is 11.5. The quantitative estimate of drug-likeness (QED) is 0.437. The summed E-state index contributed by atoms with van der Waals surface area (Å²) in [7, 11) is 0. The predicted molar refractivity (Wildman–Crippen MR) is 73.6 cm³/mol. The lowest BCUT2D eigenvalue weighted by Crippen LogP contribution is -2.35. The topological polar surface area (TPSA) is 105 Å². The molecule has 24 heavy (non-hydrogen) atoms. The van der Waals surface area contributed by atoms with Gasteiger partial charge in [0, 0.05) is 5.92 Å². The van der Waals surface area contributed by atoms with E-state index in [0.29, 0.717) is 5.56 Å². The molecule has 0 N–H and O–H groups in total. The van der Waals surface area contributed by atoms with Crippen LogP contribution in [0.4, 0.5) is 9.59 Å². The molecule has 1 aromatic rings. The molecule has 4 atom stereocenters. The lowest BCUT2D eigenvalue weighted by Gasteiger charge is -2.36. The summed E-state index contributed by atoms with van der Waals surface area (Å²) < 4.78 is 19.3. The summed E-state index contributed by atoms with van der Waals surface area (Å²) in [4.78, 5) is 46.5. The zero-order valence-electron chi connectivity index (χ0n) is 12.3. The lowest BCUT2D eigenvalue weighted by molar-refractivity contribution is -0.153. The van der Waals surface area contributed by atoms with Crippen molar-refractivity contribution in [2.75, 3.05) is 0 Å². The van der Waals surface area contributed by atoms with E-state index in [1.54, 1.807) is 24.3 Å². The molecule has 4 rings (SSSR count). The van der Waals surface area contributed by atoms with Crippen LogP contribution in [-0.4, -0.2) is 30.4 Å². The molecule has 0 saturated carbocycles. The van der Waals surface area contributed by atoms with E-state index in [1.165, 1.54) is 0 Å². The van der Waals surface area contributed by atoms with Crippen molar-refractivity contribution in [3.8, 4) is 0 Å². The van der Waals surface area contributed by atoms with Crippen LogP contribution in [0.3, 0.4) is 0 Å². The molecule has 2 heterocycles. The molecule has 0 aromatic heterocycles. The minimum absolute atomic E-state index is 0.0283. The van der Waals surface area contributed by atoms with Crippen LogP contribution in [0.1, 0.15) is 36.0 Å². The van der Waals surface area contributed by atoms with Gasteiger partial charge in [0.05, 0.1) is 12.3 Å². The molecule has 8 nitrogen and oxygen atoms in total. The summed E-state index contributed by atoms with van der Waals surface area (Å²) in [5.74, 6) is -2.20. The van der Waals surface area contributed by atoms with E-state index in [2.05, 4.69) is 9.47 Å². The standard InChI is InChI=1S/C16H12O8/c17-12-6-10(14(18)22-12)9-5-11-13(8-4-2-1-3-7(8)9)23-16(20)24-15(19)21-11/h1-4,9-11,13H,5-6H2. The molecule has 124 valence electrons. The fourth-order valence-electron chi connectivity index (χ4n) is 3.58. The predicted octanol–water partition coefficient (Wildman–Crippen LogP) is 1.98. The molecule has 0 amide bonds. The Hall–Kier alpha value is -2.90. The number of rotatable bonds is 1. The molecule has 2 saturated heterocycles. The van der Waals surface area contributed by atoms with E-state index in [4.69, 9.17) is 9.47 Å². The van der Waals surface area contributed by atoms with E-state index >= 15 is 0 Å². The molecular weight excluding hydrogens is 320 g/mol. The minimum Gasteiger partial charge on any atom is -0.426 e. The highest BCUT2D eigenvalue weighted by Gasteiger charge is 2.49. The maximum Gasteiger partial charge on any atom is 0.519 e. The van der Waals surface area contributed by atoms with Crippen LogP contribution in [0.25, 0.3) is 0 Å². The summed E-state index contributed by atoms with van der Waals surface area (Å²) in [6.07, 6.45) is -3.69. The monoisotopic (exact) mass is 332 g/mol. The molecule has 0 spiro atoms. The van der Waals surface area contributed by atoms with Crippen molar-refractivity contribution in [2.45, 2.75) is 31.0 Å². The van der Waals surface area contributed by atoms with E-state index < -0.39 is 42.4 Å². The Labute approximate surface area is 135 Å². The fourth-order valence-corrected chi connectivity index (χ4v) is 3.58. The molecule has 8 heteroatoms. The Morgan fingerprint density at radius 2 is 1.54 bits per heavy atom. The van der Waals surface area contributed by atoms with Gasteiger partial charge in [-0.15, -0.1) is 0 Å².